The third kappa shape index (κ3) is 6.08. The second kappa shape index (κ2) is 8.98. The number of rotatable bonds is 8. The lowest BCUT2D eigenvalue weighted by Gasteiger charge is -2.13. The lowest BCUT2D eigenvalue weighted by atomic mass is 10.1. The summed E-state index contributed by atoms with van der Waals surface area (Å²) >= 11 is 0. The molecule has 1 aromatic carbocycles. The first-order valence-electron chi connectivity index (χ1n) is 7.24. The summed E-state index contributed by atoms with van der Waals surface area (Å²) in [5.41, 5.74) is 6.78. The van der Waals surface area contributed by atoms with Crippen molar-refractivity contribution in [3.05, 3.63) is 47.5 Å². The molecule has 5 heteroatoms. The molecule has 0 fully saturated rings. The predicted molar refractivity (Wildman–Crippen MR) is 89.5 cm³/mol. The van der Waals surface area contributed by atoms with Crippen molar-refractivity contribution in [1.29, 1.82) is 0 Å². The first-order chi connectivity index (χ1) is 10.5. The van der Waals surface area contributed by atoms with Gasteiger partial charge in [0.25, 0.3) is 0 Å². The second-order valence-electron chi connectivity index (χ2n) is 5.05. The van der Waals surface area contributed by atoms with E-state index in [1.54, 1.807) is 18.2 Å². The Morgan fingerprint density at radius 3 is 2.55 bits per heavy atom. The van der Waals surface area contributed by atoms with Gasteiger partial charge in [-0.05, 0) is 32.9 Å². The molecule has 0 aliphatic heterocycles. The first-order valence-corrected chi connectivity index (χ1v) is 7.24. The zero-order chi connectivity index (χ0) is 16.5. The van der Waals surface area contributed by atoms with E-state index in [-0.39, 0.29) is 6.10 Å². The van der Waals surface area contributed by atoms with Gasteiger partial charge < -0.3 is 15.2 Å². The third-order valence-electron chi connectivity index (χ3n) is 2.88. The zero-order valence-corrected chi connectivity index (χ0v) is 13.3. The van der Waals surface area contributed by atoms with E-state index < -0.39 is 5.91 Å². The summed E-state index contributed by atoms with van der Waals surface area (Å²) in [5, 5.41) is 0. The van der Waals surface area contributed by atoms with Crippen LogP contribution in [-0.4, -0.2) is 26.5 Å². The molecule has 0 aromatic heterocycles. The number of hydrogen-bond acceptors (Lipinski definition) is 3. The number of amides is 1. The van der Waals surface area contributed by atoms with Gasteiger partial charge in [0.05, 0.1) is 12.7 Å². The van der Waals surface area contributed by atoms with Gasteiger partial charge in [-0.25, -0.2) is 0 Å². The van der Waals surface area contributed by atoms with Crippen molar-refractivity contribution in [2.45, 2.75) is 33.3 Å². The number of allylic oxidation sites excluding steroid dienone is 2. The molecule has 1 aromatic rings. The smallest absolute Gasteiger partial charge is 0.248 e. The van der Waals surface area contributed by atoms with Crippen molar-refractivity contribution in [3.8, 4) is 11.5 Å². The van der Waals surface area contributed by atoms with Crippen LogP contribution in [0.5, 0.6) is 11.5 Å². The second-order valence-corrected chi connectivity index (χ2v) is 5.05. The molecule has 0 heterocycles. The summed E-state index contributed by atoms with van der Waals surface area (Å²) in [6.07, 6.45) is 4.52. The van der Waals surface area contributed by atoms with E-state index in [9.17, 15) is 4.79 Å². The highest BCUT2D eigenvalue weighted by molar-refractivity contribution is 6.17. The highest BCUT2D eigenvalue weighted by Gasteiger charge is 2.08. The summed E-state index contributed by atoms with van der Waals surface area (Å²) in [7, 11) is 5.38. The molecule has 1 amide bonds. The maximum atomic E-state index is 11.4. The van der Waals surface area contributed by atoms with E-state index in [1.165, 1.54) is 5.98 Å². The average Bonchev–Trinajstić information content (AvgIpc) is 2.45. The van der Waals surface area contributed by atoms with Crippen LogP contribution in [0.1, 0.15) is 37.6 Å². The van der Waals surface area contributed by atoms with Crippen molar-refractivity contribution in [2.24, 2.45) is 5.73 Å². The number of benzene rings is 1. The molecule has 0 bridgehead atoms. The molecule has 0 saturated carbocycles. The summed E-state index contributed by atoms with van der Waals surface area (Å²) < 4.78 is 11.3. The molecule has 2 N–H and O–H groups in total. The topological polar surface area (TPSA) is 61.6 Å². The van der Waals surface area contributed by atoms with Crippen LogP contribution >= 0.6 is 0 Å². The average molecular weight is 299 g/mol. The first kappa shape index (κ1) is 17.9. The lowest BCUT2D eigenvalue weighted by Crippen LogP contribution is -2.13. The van der Waals surface area contributed by atoms with E-state index in [4.69, 9.17) is 23.1 Å². The van der Waals surface area contributed by atoms with Crippen LogP contribution in [0.4, 0.5) is 0 Å². The van der Waals surface area contributed by atoms with Gasteiger partial charge in [0, 0.05) is 18.1 Å². The number of hydrogen-bond donors (Lipinski definition) is 1. The number of nitrogens with two attached hydrogens (primary N) is 1. The Kier molecular flexibility index (Phi) is 7.30. The Balaban J connectivity index is 2.80. The van der Waals surface area contributed by atoms with Gasteiger partial charge in [-0.3, -0.25) is 4.79 Å². The van der Waals surface area contributed by atoms with Gasteiger partial charge in [-0.1, -0.05) is 17.7 Å². The number of carbonyl (C=O) groups excluding carboxylic acids is 1. The summed E-state index contributed by atoms with van der Waals surface area (Å²) in [4.78, 5) is 11.4. The van der Waals surface area contributed by atoms with Gasteiger partial charge in [-0.15, -0.1) is 5.98 Å². The maximum absolute atomic E-state index is 11.4. The molecule has 0 unspecified atom stereocenters. The van der Waals surface area contributed by atoms with E-state index in [0.717, 1.165) is 5.57 Å². The predicted octanol–water partition coefficient (Wildman–Crippen LogP) is 2.97. The van der Waals surface area contributed by atoms with Crippen LogP contribution in [0.3, 0.4) is 0 Å². The van der Waals surface area contributed by atoms with Crippen LogP contribution in [0.25, 0.3) is 0 Å². The van der Waals surface area contributed by atoms with Crippen LogP contribution in [-0.2, 0) is 0 Å². The van der Waals surface area contributed by atoms with Crippen molar-refractivity contribution in [2.75, 3.05) is 6.61 Å². The minimum absolute atomic E-state index is 0.000273. The molecular weight excluding hydrogens is 277 g/mol. The van der Waals surface area contributed by atoms with Crippen LogP contribution < -0.4 is 15.2 Å². The Hall–Kier alpha value is -2.17. The van der Waals surface area contributed by atoms with Crippen molar-refractivity contribution in [3.63, 3.8) is 0 Å². The van der Waals surface area contributed by atoms with Crippen molar-refractivity contribution >= 4 is 13.8 Å². The highest BCUT2D eigenvalue weighted by Crippen LogP contribution is 2.24. The molecule has 2 radical (unpaired) electrons. The Labute approximate surface area is 133 Å². The Morgan fingerprint density at radius 2 is 2.00 bits per heavy atom. The Morgan fingerprint density at radius 1 is 1.32 bits per heavy atom. The van der Waals surface area contributed by atoms with Gasteiger partial charge in [0.2, 0.25) is 5.91 Å². The molecule has 0 aliphatic rings. The monoisotopic (exact) mass is 299 g/mol. The van der Waals surface area contributed by atoms with Crippen molar-refractivity contribution < 1.29 is 14.3 Å². The Bertz CT molecular complexity index is 565. The van der Waals surface area contributed by atoms with Crippen LogP contribution in [0.2, 0.25) is 0 Å². The molecule has 22 heavy (non-hydrogen) atoms. The van der Waals surface area contributed by atoms with Crippen LogP contribution in [0.15, 0.2) is 41.9 Å². The van der Waals surface area contributed by atoms with Gasteiger partial charge in [0.1, 0.15) is 19.3 Å². The minimum atomic E-state index is -0.515. The molecule has 0 spiro atoms. The lowest BCUT2D eigenvalue weighted by molar-refractivity contribution is 0.0999. The molecule has 116 valence electrons. The molecule has 0 saturated heterocycles. The van der Waals surface area contributed by atoms with Gasteiger partial charge in [0.15, 0.2) is 0 Å². The normalized spacial score (nSPS) is 11.9. The van der Waals surface area contributed by atoms with Gasteiger partial charge in [-0.2, -0.15) is 0 Å². The van der Waals surface area contributed by atoms with E-state index >= 15 is 0 Å². The quantitative estimate of drug-likeness (QED) is 0.593. The summed E-state index contributed by atoms with van der Waals surface area (Å²) in [6, 6.07) is 4.98. The fourth-order valence-corrected chi connectivity index (χ4v) is 1.87. The van der Waals surface area contributed by atoms with E-state index in [1.807, 2.05) is 32.9 Å². The van der Waals surface area contributed by atoms with Gasteiger partial charge >= 0.3 is 0 Å². The zero-order valence-electron chi connectivity index (χ0n) is 13.3. The third-order valence-corrected chi connectivity index (χ3v) is 2.88. The molecule has 4 nitrogen and oxygen atoms in total. The summed E-state index contributed by atoms with van der Waals surface area (Å²) in [6.45, 7) is 6.23. The maximum Gasteiger partial charge on any atom is 0.248 e. The number of primary amides is 1. The van der Waals surface area contributed by atoms with Crippen molar-refractivity contribution in [1.82, 2.24) is 0 Å². The SMILES string of the molecule is [B]/C=C\C(=C/C)CCOc1cc(OC(C)C)cc(C(N)=O)c1. The van der Waals surface area contributed by atoms with E-state index in [0.29, 0.717) is 30.1 Å². The molecule has 0 atom stereocenters. The standard InChI is InChI=1S/C17H22BNO3/c1-4-13(5-7-18)6-8-21-15-9-14(17(19)20)10-16(11-15)22-12(2)3/h4-5,7,9-12H,6,8H2,1-3H3,(H2,19,20)/b7-5-,13-4+. The fourth-order valence-electron chi connectivity index (χ4n) is 1.87. The minimum Gasteiger partial charge on any atom is -0.493 e. The summed E-state index contributed by atoms with van der Waals surface area (Å²) in [5.74, 6) is 2.10. The molecule has 0 aliphatic carbocycles. The highest BCUT2D eigenvalue weighted by atomic mass is 16.5. The molecule has 1 rings (SSSR count). The van der Waals surface area contributed by atoms with Crippen LogP contribution in [0, 0.1) is 0 Å². The van der Waals surface area contributed by atoms with E-state index in [2.05, 4.69) is 0 Å². The largest absolute Gasteiger partial charge is 0.493 e. The number of carbonyl (C=O) groups is 1. The number of ether oxygens (including phenoxy) is 2. The fraction of sp³-hybridized carbons (Fsp3) is 0.353. The molecular formula is C17H22BNO3.